The average molecular weight is 414 g/mol. The van der Waals surface area contributed by atoms with Gasteiger partial charge in [-0.2, -0.15) is 4.98 Å². The van der Waals surface area contributed by atoms with Crippen molar-refractivity contribution in [2.45, 2.75) is 55.7 Å². The van der Waals surface area contributed by atoms with Gasteiger partial charge in [-0.1, -0.05) is 42.2 Å². The van der Waals surface area contributed by atoms with E-state index in [1.54, 1.807) is 18.2 Å². The molecular weight excluding hydrogens is 393 g/mol. The number of nitrogens with one attached hydrogen (secondary N) is 1. The quantitative estimate of drug-likeness (QED) is 0.627. The van der Waals surface area contributed by atoms with Crippen molar-refractivity contribution in [2.75, 3.05) is 0 Å². The van der Waals surface area contributed by atoms with Crippen LogP contribution >= 0.6 is 35.0 Å². The third kappa shape index (κ3) is 4.72. The summed E-state index contributed by atoms with van der Waals surface area (Å²) in [5.74, 6) is 1.63. The molecule has 1 amide bonds. The Hall–Kier alpha value is -1.24. The van der Waals surface area contributed by atoms with Crippen LogP contribution in [0.25, 0.3) is 0 Å². The first kappa shape index (κ1) is 19.5. The molecule has 1 aromatic heterocycles. The van der Waals surface area contributed by atoms with E-state index in [1.165, 1.54) is 11.8 Å². The maximum absolute atomic E-state index is 12.7. The summed E-state index contributed by atoms with van der Waals surface area (Å²) in [6.45, 7) is 5.85. The van der Waals surface area contributed by atoms with Crippen LogP contribution in [0.2, 0.25) is 10.0 Å². The van der Waals surface area contributed by atoms with Gasteiger partial charge in [0.25, 0.3) is 0 Å². The van der Waals surface area contributed by atoms with Crippen LogP contribution in [-0.2, 0) is 4.79 Å². The fraction of sp³-hybridized carbons (Fsp3) is 0.500. The van der Waals surface area contributed by atoms with Crippen LogP contribution in [0.3, 0.4) is 0 Å². The van der Waals surface area contributed by atoms with Crippen LogP contribution in [-0.4, -0.2) is 21.3 Å². The summed E-state index contributed by atoms with van der Waals surface area (Å²) in [6.07, 6.45) is 2.21. The van der Waals surface area contributed by atoms with Crippen LogP contribution < -0.4 is 5.32 Å². The van der Waals surface area contributed by atoms with Crippen LogP contribution in [0.15, 0.2) is 27.6 Å². The first-order valence-corrected chi connectivity index (χ1v) is 10.2. The minimum Gasteiger partial charge on any atom is -0.343 e. The number of thioether (sulfide) groups is 1. The Bertz CT molecular complexity index is 792. The van der Waals surface area contributed by atoms with Crippen molar-refractivity contribution >= 4 is 40.9 Å². The highest BCUT2D eigenvalue weighted by Gasteiger charge is 2.32. The van der Waals surface area contributed by atoms with E-state index < -0.39 is 0 Å². The van der Waals surface area contributed by atoms with Crippen molar-refractivity contribution in [1.29, 1.82) is 0 Å². The minimum absolute atomic E-state index is 0.115. The van der Waals surface area contributed by atoms with E-state index in [9.17, 15) is 4.79 Å². The van der Waals surface area contributed by atoms with E-state index in [4.69, 9.17) is 27.7 Å². The third-order valence-corrected chi connectivity index (χ3v) is 6.03. The molecule has 1 aliphatic rings. The molecule has 1 fully saturated rings. The molecule has 1 heterocycles. The molecule has 5 nitrogen and oxygen atoms in total. The average Bonchev–Trinajstić information content (AvgIpc) is 3.33. The second kappa shape index (κ2) is 8.19. The minimum atomic E-state index is -0.349. The van der Waals surface area contributed by atoms with Crippen molar-refractivity contribution < 1.29 is 9.32 Å². The highest BCUT2D eigenvalue weighted by Crippen LogP contribution is 2.39. The second-order valence-corrected chi connectivity index (χ2v) is 9.06. The zero-order chi connectivity index (χ0) is 18.8. The largest absolute Gasteiger partial charge is 0.343 e. The number of carbonyl (C=O) groups is 1. The van der Waals surface area contributed by atoms with Crippen molar-refractivity contribution in [3.8, 4) is 0 Å². The van der Waals surface area contributed by atoms with Gasteiger partial charge in [0.05, 0.1) is 10.3 Å². The monoisotopic (exact) mass is 413 g/mol. The van der Waals surface area contributed by atoms with Crippen LogP contribution in [0.4, 0.5) is 0 Å². The summed E-state index contributed by atoms with van der Waals surface area (Å²) in [7, 11) is 0. The van der Waals surface area contributed by atoms with Crippen LogP contribution in [0.1, 0.15) is 57.3 Å². The van der Waals surface area contributed by atoms with Crippen LogP contribution in [0.5, 0.6) is 0 Å². The molecule has 8 heteroatoms. The number of amides is 1. The number of nitrogens with zero attached hydrogens (tertiary/aromatic N) is 2. The number of hydrogen-bond donors (Lipinski definition) is 1. The summed E-state index contributed by atoms with van der Waals surface area (Å²) < 4.78 is 5.40. The van der Waals surface area contributed by atoms with Crippen molar-refractivity contribution in [2.24, 2.45) is 5.92 Å². The number of carbonyl (C=O) groups excluding carboxylic acids is 1. The fourth-order valence-corrected chi connectivity index (χ4v) is 3.90. The molecule has 0 spiro atoms. The molecule has 2 unspecified atom stereocenters. The number of aromatic nitrogens is 2. The molecular formula is C18H21Cl2N3O2S. The Balaban J connectivity index is 1.67. The number of halogens is 2. The van der Waals surface area contributed by atoms with Gasteiger partial charge in [-0.15, -0.1) is 11.8 Å². The van der Waals surface area contributed by atoms with Gasteiger partial charge in [-0.05, 0) is 43.9 Å². The Morgan fingerprint density at radius 3 is 2.69 bits per heavy atom. The molecule has 140 valence electrons. The van der Waals surface area contributed by atoms with E-state index >= 15 is 0 Å². The number of hydrogen-bond acceptors (Lipinski definition) is 5. The van der Waals surface area contributed by atoms with Gasteiger partial charge >= 0.3 is 0 Å². The molecule has 26 heavy (non-hydrogen) atoms. The molecule has 0 radical (unpaired) electrons. The SMILES string of the molecule is CC(Sc1cc(Cl)ccc1Cl)C(=O)NC(c1nc(C2CC2)no1)C(C)C. The second-order valence-electron chi connectivity index (χ2n) is 6.83. The summed E-state index contributed by atoms with van der Waals surface area (Å²) >= 11 is 13.6. The Morgan fingerprint density at radius 2 is 2.04 bits per heavy atom. The topological polar surface area (TPSA) is 68.0 Å². The summed E-state index contributed by atoms with van der Waals surface area (Å²) in [5.41, 5.74) is 0. The molecule has 1 aromatic carbocycles. The third-order valence-electron chi connectivity index (χ3n) is 4.20. The highest BCUT2D eigenvalue weighted by molar-refractivity contribution is 8.00. The number of benzene rings is 1. The smallest absolute Gasteiger partial charge is 0.249 e. The van der Waals surface area contributed by atoms with Gasteiger partial charge in [0.1, 0.15) is 6.04 Å². The van der Waals surface area contributed by atoms with Crippen molar-refractivity contribution in [1.82, 2.24) is 15.5 Å². The lowest BCUT2D eigenvalue weighted by Gasteiger charge is -2.21. The molecule has 2 aromatic rings. The van der Waals surface area contributed by atoms with Crippen molar-refractivity contribution in [3.05, 3.63) is 40.0 Å². The first-order valence-electron chi connectivity index (χ1n) is 8.60. The zero-order valence-corrected chi connectivity index (χ0v) is 17.2. The molecule has 2 atom stereocenters. The fourth-order valence-electron chi connectivity index (χ4n) is 2.48. The van der Waals surface area contributed by atoms with Crippen LogP contribution in [0, 0.1) is 5.92 Å². The normalized spacial score (nSPS) is 16.5. The van der Waals surface area contributed by atoms with Crippen molar-refractivity contribution in [3.63, 3.8) is 0 Å². The summed E-state index contributed by atoms with van der Waals surface area (Å²) in [6, 6.07) is 4.89. The maximum atomic E-state index is 12.7. The summed E-state index contributed by atoms with van der Waals surface area (Å²) in [4.78, 5) is 17.9. The lowest BCUT2D eigenvalue weighted by Crippen LogP contribution is -2.36. The molecule has 1 aliphatic carbocycles. The van der Waals surface area contributed by atoms with Gasteiger partial charge < -0.3 is 9.84 Å². The molecule has 1 saturated carbocycles. The molecule has 0 bridgehead atoms. The first-order chi connectivity index (χ1) is 12.3. The molecule has 1 N–H and O–H groups in total. The lowest BCUT2D eigenvalue weighted by molar-refractivity contribution is -0.121. The standard InChI is InChI=1S/C18H21Cl2N3O2S/c1-9(2)15(18-22-16(23-25-18)11-4-5-11)21-17(24)10(3)26-14-8-12(19)6-7-13(14)20/h6-11,15H,4-5H2,1-3H3,(H,21,24). The molecule has 0 saturated heterocycles. The van der Waals surface area contributed by atoms with E-state index in [0.29, 0.717) is 21.9 Å². The van der Waals surface area contributed by atoms with E-state index in [-0.39, 0.29) is 23.1 Å². The van der Waals surface area contributed by atoms with E-state index in [2.05, 4.69) is 15.5 Å². The van der Waals surface area contributed by atoms with Gasteiger partial charge in [0, 0.05) is 15.8 Å². The number of rotatable bonds is 7. The molecule has 3 rings (SSSR count). The van der Waals surface area contributed by atoms with E-state index in [1.807, 2.05) is 20.8 Å². The van der Waals surface area contributed by atoms with Gasteiger partial charge in [0.2, 0.25) is 11.8 Å². The van der Waals surface area contributed by atoms with Gasteiger partial charge in [-0.25, -0.2) is 0 Å². The highest BCUT2D eigenvalue weighted by atomic mass is 35.5. The lowest BCUT2D eigenvalue weighted by atomic mass is 10.0. The summed E-state index contributed by atoms with van der Waals surface area (Å²) in [5, 5.41) is 7.89. The Kier molecular flexibility index (Phi) is 6.15. The van der Waals surface area contributed by atoms with E-state index in [0.717, 1.165) is 23.6 Å². The molecule has 0 aliphatic heterocycles. The predicted molar refractivity (Wildman–Crippen MR) is 104 cm³/mol. The van der Waals surface area contributed by atoms with Gasteiger partial charge in [0.15, 0.2) is 5.82 Å². The predicted octanol–water partition coefficient (Wildman–Crippen LogP) is 5.25. The van der Waals surface area contributed by atoms with Gasteiger partial charge in [-0.3, -0.25) is 4.79 Å². The Morgan fingerprint density at radius 1 is 1.31 bits per heavy atom. The zero-order valence-electron chi connectivity index (χ0n) is 14.8. The maximum Gasteiger partial charge on any atom is 0.249 e. The Labute approximate surface area is 167 Å².